The van der Waals surface area contributed by atoms with E-state index in [1.54, 1.807) is 24.5 Å². The number of hydrogen-bond donors (Lipinski definition) is 0. The highest BCUT2D eigenvalue weighted by molar-refractivity contribution is 6.42. The van der Waals surface area contributed by atoms with Crippen LogP contribution in [0.1, 0.15) is 11.1 Å². The molecule has 0 aliphatic rings. The van der Waals surface area contributed by atoms with Crippen LogP contribution in [0.5, 0.6) is 5.75 Å². The number of nitrogens with zero attached hydrogens (tertiary/aromatic N) is 1. The fraction of sp³-hybridized carbons (Fsp3) is 0.133. The van der Waals surface area contributed by atoms with Crippen LogP contribution in [-0.2, 0) is 6.61 Å². The molecule has 0 spiro atoms. The first kappa shape index (κ1) is 15.0. The van der Waals surface area contributed by atoms with Crippen molar-refractivity contribution in [2.75, 3.05) is 5.88 Å². The van der Waals surface area contributed by atoms with Gasteiger partial charge in [0, 0.05) is 11.8 Å². The van der Waals surface area contributed by atoms with E-state index in [0.29, 0.717) is 22.4 Å². The van der Waals surface area contributed by atoms with Gasteiger partial charge in [-0.15, -0.1) is 11.6 Å². The Bertz CT molecular complexity index is 662. The van der Waals surface area contributed by atoms with Crippen LogP contribution in [0.3, 0.4) is 0 Å². The summed E-state index contributed by atoms with van der Waals surface area (Å²) in [5, 5.41) is 1.03. The van der Waals surface area contributed by atoms with Gasteiger partial charge in [-0.05, 0) is 23.8 Å². The summed E-state index contributed by atoms with van der Waals surface area (Å²) in [6.07, 6.45) is 3.29. The van der Waals surface area contributed by atoms with Gasteiger partial charge in [0.15, 0.2) is 0 Å². The fourth-order valence-electron chi connectivity index (χ4n) is 1.50. The van der Waals surface area contributed by atoms with Crippen LogP contribution in [0.2, 0.25) is 10.0 Å². The van der Waals surface area contributed by atoms with Crippen LogP contribution in [0.15, 0.2) is 36.7 Å². The molecule has 102 valence electrons. The maximum absolute atomic E-state index is 5.95. The highest BCUT2D eigenvalue weighted by Gasteiger charge is 2.01. The Morgan fingerprint density at radius 2 is 1.95 bits per heavy atom. The molecule has 0 bridgehead atoms. The van der Waals surface area contributed by atoms with Gasteiger partial charge in [-0.2, -0.15) is 0 Å². The van der Waals surface area contributed by atoms with Gasteiger partial charge < -0.3 is 4.74 Å². The van der Waals surface area contributed by atoms with Crippen molar-refractivity contribution in [1.29, 1.82) is 0 Å². The summed E-state index contributed by atoms with van der Waals surface area (Å²) in [5.41, 5.74) is 1.69. The average Bonchev–Trinajstić information content (AvgIpc) is 2.47. The highest BCUT2D eigenvalue weighted by atomic mass is 35.5. The Balaban J connectivity index is 2.05. The van der Waals surface area contributed by atoms with E-state index >= 15 is 0 Å². The molecule has 0 N–H and O–H groups in total. The van der Waals surface area contributed by atoms with Gasteiger partial charge in [-0.25, -0.2) is 0 Å². The molecule has 0 fully saturated rings. The van der Waals surface area contributed by atoms with E-state index in [1.807, 2.05) is 12.1 Å². The number of alkyl halides is 1. The lowest BCUT2D eigenvalue weighted by molar-refractivity contribution is 0.305. The maximum atomic E-state index is 5.95. The summed E-state index contributed by atoms with van der Waals surface area (Å²) in [6.45, 7) is 0.380. The number of benzene rings is 1. The molecule has 1 aromatic carbocycles. The van der Waals surface area contributed by atoms with E-state index in [-0.39, 0.29) is 5.88 Å². The molecule has 1 heterocycles. The molecule has 2 aromatic rings. The van der Waals surface area contributed by atoms with Gasteiger partial charge in [0.05, 0.1) is 22.1 Å². The number of pyridine rings is 1. The Labute approximate surface area is 132 Å². The summed E-state index contributed by atoms with van der Waals surface area (Å²) in [7, 11) is 0. The molecule has 1 aromatic heterocycles. The monoisotopic (exact) mass is 325 g/mol. The minimum atomic E-state index is 0.286. The first-order valence-electron chi connectivity index (χ1n) is 5.75. The molecule has 2 nitrogen and oxygen atoms in total. The van der Waals surface area contributed by atoms with E-state index < -0.39 is 0 Å². The zero-order chi connectivity index (χ0) is 14.4. The topological polar surface area (TPSA) is 22.1 Å². The lowest BCUT2D eigenvalue weighted by Crippen LogP contribution is -1.96. The van der Waals surface area contributed by atoms with Crippen LogP contribution in [0.25, 0.3) is 0 Å². The van der Waals surface area contributed by atoms with Crippen molar-refractivity contribution in [3.05, 3.63) is 57.8 Å². The molecule has 0 aliphatic heterocycles. The number of aromatic nitrogens is 1. The average molecular weight is 327 g/mol. The third-order valence-corrected chi connectivity index (χ3v) is 3.27. The Kier molecular flexibility index (Phi) is 5.55. The van der Waals surface area contributed by atoms with Gasteiger partial charge in [0.25, 0.3) is 0 Å². The number of rotatable bonds is 3. The summed E-state index contributed by atoms with van der Waals surface area (Å²) in [6, 6.07) is 7.18. The predicted octanol–water partition coefficient (Wildman–Crippen LogP) is 4.56. The first-order valence-corrected chi connectivity index (χ1v) is 7.04. The van der Waals surface area contributed by atoms with Gasteiger partial charge in [-0.1, -0.05) is 41.1 Å². The molecule has 0 radical (unpaired) electrons. The second-order valence-electron chi connectivity index (χ2n) is 3.88. The molecule has 20 heavy (non-hydrogen) atoms. The summed E-state index contributed by atoms with van der Waals surface area (Å²) in [4.78, 5) is 4.06. The summed E-state index contributed by atoms with van der Waals surface area (Å²) < 4.78 is 5.64. The third-order valence-electron chi connectivity index (χ3n) is 2.40. The smallest absolute Gasteiger partial charge is 0.139 e. The van der Waals surface area contributed by atoms with Crippen molar-refractivity contribution in [3.63, 3.8) is 0 Å². The molecule has 0 atom stereocenters. The third kappa shape index (κ3) is 4.31. The van der Waals surface area contributed by atoms with Crippen LogP contribution in [0.4, 0.5) is 0 Å². The Morgan fingerprint density at radius 1 is 1.10 bits per heavy atom. The van der Waals surface area contributed by atoms with E-state index in [0.717, 1.165) is 11.1 Å². The summed E-state index contributed by atoms with van der Waals surface area (Å²) >= 11 is 17.3. The highest BCUT2D eigenvalue weighted by Crippen LogP contribution is 2.23. The molecule has 5 heteroatoms. The molecule has 2 rings (SSSR count). The molecule has 0 unspecified atom stereocenters. The lowest BCUT2D eigenvalue weighted by atomic mass is 10.2. The lowest BCUT2D eigenvalue weighted by Gasteiger charge is -2.07. The minimum Gasteiger partial charge on any atom is -0.487 e. The van der Waals surface area contributed by atoms with Crippen molar-refractivity contribution in [1.82, 2.24) is 4.98 Å². The second-order valence-corrected chi connectivity index (χ2v) is 4.96. The zero-order valence-corrected chi connectivity index (χ0v) is 12.6. The van der Waals surface area contributed by atoms with E-state index in [4.69, 9.17) is 39.5 Å². The van der Waals surface area contributed by atoms with Crippen molar-refractivity contribution >= 4 is 34.8 Å². The Hall–Kier alpha value is -1.40. The maximum Gasteiger partial charge on any atom is 0.139 e. The number of hydrogen-bond acceptors (Lipinski definition) is 2. The molecule has 0 aliphatic carbocycles. The largest absolute Gasteiger partial charge is 0.487 e. The van der Waals surface area contributed by atoms with E-state index in [1.165, 1.54) is 0 Å². The molecular formula is C15H10Cl3NO. The van der Waals surface area contributed by atoms with E-state index in [9.17, 15) is 0 Å². The van der Waals surface area contributed by atoms with Crippen molar-refractivity contribution < 1.29 is 4.74 Å². The molecule has 0 amide bonds. The quantitative estimate of drug-likeness (QED) is 0.609. The van der Waals surface area contributed by atoms with Crippen molar-refractivity contribution in [2.45, 2.75) is 6.61 Å². The van der Waals surface area contributed by atoms with Gasteiger partial charge >= 0.3 is 0 Å². The van der Waals surface area contributed by atoms with Crippen LogP contribution >= 0.6 is 34.8 Å². The Morgan fingerprint density at radius 3 is 2.70 bits per heavy atom. The van der Waals surface area contributed by atoms with Crippen molar-refractivity contribution in [2.24, 2.45) is 0 Å². The first-order chi connectivity index (χ1) is 9.69. The second kappa shape index (κ2) is 7.40. The fourth-order valence-corrected chi connectivity index (χ4v) is 1.89. The SMILES string of the molecule is ClCC#Cc1cncc(OCc2ccc(Cl)c(Cl)c2)c1. The van der Waals surface area contributed by atoms with Gasteiger partial charge in [-0.3, -0.25) is 4.98 Å². The predicted molar refractivity (Wildman–Crippen MR) is 82.6 cm³/mol. The zero-order valence-electron chi connectivity index (χ0n) is 10.4. The number of halogens is 3. The van der Waals surface area contributed by atoms with Crippen LogP contribution in [0, 0.1) is 11.8 Å². The standard InChI is InChI=1S/C15H10Cl3NO/c16-5-1-2-11-6-13(9-19-8-11)20-10-12-3-4-14(17)15(18)7-12/h3-4,6-9H,5,10H2. The number of ether oxygens (including phenoxy) is 1. The van der Waals surface area contributed by atoms with Crippen molar-refractivity contribution in [3.8, 4) is 17.6 Å². The van der Waals surface area contributed by atoms with Crippen LogP contribution < -0.4 is 4.74 Å². The normalized spacial score (nSPS) is 9.75. The summed E-state index contributed by atoms with van der Waals surface area (Å²) in [5.74, 6) is 6.58. The van der Waals surface area contributed by atoms with Gasteiger partial charge in [0.1, 0.15) is 12.4 Å². The van der Waals surface area contributed by atoms with Gasteiger partial charge in [0.2, 0.25) is 0 Å². The van der Waals surface area contributed by atoms with E-state index in [2.05, 4.69) is 16.8 Å². The molecule has 0 saturated heterocycles. The minimum absolute atomic E-state index is 0.286. The van der Waals surface area contributed by atoms with Crippen LogP contribution in [-0.4, -0.2) is 10.9 Å². The molecule has 0 saturated carbocycles. The molecular weight excluding hydrogens is 317 g/mol.